The zero-order chi connectivity index (χ0) is 14.6. The highest BCUT2D eigenvalue weighted by Crippen LogP contribution is 2.30. The summed E-state index contributed by atoms with van der Waals surface area (Å²) in [6.45, 7) is 8.21. The summed E-state index contributed by atoms with van der Waals surface area (Å²) in [4.78, 5) is 0. The smallest absolute Gasteiger partial charge is 0.307 e. The lowest BCUT2D eigenvalue weighted by molar-refractivity contribution is -0.137. The van der Waals surface area contributed by atoms with Gasteiger partial charge in [0.05, 0.1) is 5.56 Å². The van der Waals surface area contributed by atoms with Crippen molar-refractivity contribution in [1.29, 1.82) is 0 Å². The van der Waals surface area contributed by atoms with Crippen LogP contribution in [0.15, 0.2) is 24.3 Å². The molecular weight excluding hydrogens is 251 g/mol. The topological polar surface area (TPSA) is 12.0 Å². The standard InChI is InChI=1S/C15H22F3N/c1-5-14(10(2)3)19-11(4)12-7-6-8-13(9-12)15(16,17)18/h6-11,14,19H,5H2,1-4H3. The Bertz CT molecular complexity index is 399. The van der Waals surface area contributed by atoms with Gasteiger partial charge in [0, 0.05) is 12.1 Å². The van der Waals surface area contributed by atoms with Gasteiger partial charge in [-0.25, -0.2) is 0 Å². The molecule has 1 N–H and O–H groups in total. The zero-order valence-electron chi connectivity index (χ0n) is 11.9. The van der Waals surface area contributed by atoms with Crippen molar-refractivity contribution in [3.63, 3.8) is 0 Å². The Morgan fingerprint density at radius 3 is 2.26 bits per heavy atom. The number of rotatable bonds is 5. The van der Waals surface area contributed by atoms with Gasteiger partial charge >= 0.3 is 6.18 Å². The second kappa shape index (κ2) is 6.42. The van der Waals surface area contributed by atoms with Gasteiger partial charge in [-0.15, -0.1) is 0 Å². The Hall–Kier alpha value is -1.03. The fourth-order valence-corrected chi connectivity index (χ4v) is 2.18. The van der Waals surface area contributed by atoms with E-state index in [0.29, 0.717) is 17.5 Å². The van der Waals surface area contributed by atoms with Crippen LogP contribution in [0.5, 0.6) is 0 Å². The summed E-state index contributed by atoms with van der Waals surface area (Å²) in [5.74, 6) is 0.457. The molecule has 1 aromatic rings. The zero-order valence-corrected chi connectivity index (χ0v) is 11.9. The number of hydrogen-bond acceptors (Lipinski definition) is 1. The van der Waals surface area contributed by atoms with Crippen molar-refractivity contribution in [2.75, 3.05) is 0 Å². The molecule has 1 rings (SSSR count). The van der Waals surface area contributed by atoms with E-state index in [2.05, 4.69) is 26.1 Å². The van der Waals surface area contributed by atoms with Crippen LogP contribution in [0.3, 0.4) is 0 Å². The molecule has 1 nitrogen and oxygen atoms in total. The molecule has 19 heavy (non-hydrogen) atoms. The number of hydrogen-bond donors (Lipinski definition) is 1. The maximum absolute atomic E-state index is 12.7. The molecular formula is C15H22F3N. The van der Waals surface area contributed by atoms with E-state index in [-0.39, 0.29) is 6.04 Å². The highest BCUT2D eigenvalue weighted by molar-refractivity contribution is 5.27. The molecule has 2 atom stereocenters. The number of alkyl halides is 3. The molecule has 0 saturated heterocycles. The maximum Gasteiger partial charge on any atom is 0.416 e. The summed E-state index contributed by atoms with van der Waals surface area (Å²) in [5.41, 5.74) is 0.0881. The van der Waals surface area contributed by atoms with E-state index in [1.807, 2.05) is 6.92 Å². The van der Waals surface area contributed by atoms with Crippen LogP contribution in [-0.4, -0.2) is 6.04 Å². The second-order valence-corrected chi connectivity index (χ2v) is 5.27. The minimum absolute atomic E-state index is 0.0883. The Morgan fingerprint density at radius 1 is 1.16 bits per heavy atom. The minimum Gasteiger partial charge on any atom is -0.307 e. The van der Waals surface area contributed by atoms with Crippen LogP contribution in [0.1, 0.15) is 51.3 Å². The van der Waals surface area contributed by atoms with Gasteiger partial charge in [0.2, 0.25) is 0 Å². The normalized spacial score (nSPS) is 15.6. The van der Waals surface area contributed by atoms with Crippen LogP contribution in [0, 0.1) is 5.92 Å². The fourth-order valence-electron chi connectivity index (χ4n) is 2.18. The van der Waals surface area contributed by atoms with Gasteiger partial charge < -0.3 is 5.32 Å². The molecule has 0 aliphatic rings. The molecule has 0 aliphatic heterocycles. The van der Waals surface area contributed by atoms with Crippen molar-refractivity contribution in [1.82, 2.24) is 5.32 Å². The summed E-state index contributed by atoms with van der Waals surface area (Å²) < 4.78 is 38.0. The first-order valence-corrected chi connectivity index (χ1v) is 6.69. The van der Waals surface area contributed by atoms with Crippen LogP contribution in [-0.2, 0) is 6.18 Å². The Morgan fingerprint density at radius 2 is 1.79 bits per heavy atom. The first-order valence-electron chi connectivity index (χ1n) is 6.69. The van der Waals surface area contributed by atoms with E-state index >= 15 is 0 Å². The van der Waals surface area contributed by atoms with Gasteiger partial charge in [0.1, 0.15) is 0 Å². The van der Waals surface area contributed by atoms with E-state index in [1.54, 1.807) is 6.07 Å². The lowest BCUT2D eigenvalue weighted by atomic mass is 9.98. The third-order valence-electron chi connectivity index (χ3n) is 3.42. The molecule has 0 spiro atoms. The summed E-state index contributed by atoms with van der Waals surface area (Å²) in [6, 6.07) is 5.76. The largest absolute Gasteiger partial charge is 0.416 e. The van der Waals surface area contributed by atoms with Gasteiger partial charge in [0.15, 0.2) is 0 Å². The number of halogens is 3. The Kier molecular flexibility index (Phi) is 5.41. The molecule has 1 aromatic carbocycles. The van der Waals surface area contributed by atoms with E-state index in [9.17, 15) is 13.2 Å². The highest BCUT2D eigenvalue weighted by atomic mass is 19.4. The Balaban J connectivity index is 2.85. The van der Waals surface area contributed by atoms with Crippen molar-refractivity contribution < 1.29 is 13.2 Å². The predicted octanol–water partition coefficient (Wildman–Crippen LogP) is 4.79. The first kappa shape index (κ1) is 16.0. The average molecular weight is 273 g/mol. The average Bonchev–Trinajstić information content (AvgIpc) is 2.34. The molecule has 0 bridgehead atoms. The fraction of sp³-hybridized carbons (Fsp3) is 0.600. The van der Waals surface area contributed by atoms with E-state index in [0.717, 1.165) is 12.5 Å². The van der Waals surface area contributed by atoms with E-state index in [1.165, 1.54) is 12.1 Å². The van der Waals surface area contributed by atoms with Crippen molar-refractivity contribution >= 4 is 0 Å². The quantitative estimate of drug-likeness (QED) is 0.813. The van der Waals surface area contributed by atoms with Gasteiger partial charge in [-0.3, -0.25) is 0 Å². The lowest BCUT2D eigenvalue weighted by Gasteiger charge is -2.26. The molecule has 108 valence electrons. The van der Waals surface area contributed by atoms with Crippen LogP contribution < -0.4 is 5.32 Å². The molecule has 2 unspecified atom stereocenters. The monoisotopic (exact) mass is 273 g/mol. The molecule has 0 aromatic heterocycles. The molecule has 0 radical (unpaired) electrons. The molecule has 4 heteroatoms. The van der Waals surface area contributed by atoms with Gasteiger partial charge in [-0.2, -0.15) is 13.2 Å². The van der Waals surface area contributed by atoms with Crippen LogP contribution in [0.4, 0.5) is 13.2 Å². The summed E-state index contributed by atoms with van der Waals surface area (Å²) in [7, 11) is 0. The van der Waals surface area contributed by atoms with E-state index < -0.39 is 11.7 Å². The van der Waals surface area contributed by atoms with Gasteiger partial charge in [-0.1, -0.05) is 32.9 Å². The van der Waals surface area contributed by atoms with E-state index in [4.69, 9.17) is 0 Å². The maximum atomic E-state index is 12.7. The predicted molar refractivity (Wildman–Crippen MR) is 71.9 cm³/mol. The van der Waals surface area contributed by atoms with Crippen molar-refractivity contribution in [2.45, 2.75) is 52.4 Å². The third kappa shape index (κ3) is 4.53. The molecule has 0 aliphatic carbocycles. The first-order chi connectivity index (χ1) is 8.75. The lowest BCUT2D eigenvalue weighted by Crippen LogP contribution is -2.35. The third-order valence-corrected chi connectivity index (χ3v) is 3.42. The van der Waals surface area contributed by atoms with Crippen LogP contribution in [0.25, 0.3) is 0 Å². The summed E-state index contributed by atoms with van der Waals surface area (Å²) in [5, 5.41) is 3.39. The molecule has 0 amide bonds. The molecule has 0 heterocycles. The highest BCUT2D eigenvalue weighted by Gasteiger charge is 2.30. The van der Waals surface area contributed by atoms with Crippen molar-refractivity contribution in [3.8, 4) is 0 Å². The van der Waals surface area contributed by atoms with Gasteiger partial charge in [-0.05, 0) is 37.0 Å². The number of nitrogens with one attached hydrogen (secondary N) is 1. The number of benzene rings is 1. The summed E-state index contributed by atoms with van der Waals surface area (Å²) in [6.07, 6.45) is -3.32. The minimum atomic E-state index is -4.28. The van der Waals surface area contributed by atoms with Gasteiger partial charge in [0.25, 0.3) is 0 Å². The van der Waals surface area contributed by atoms with Crippen molar-refractivity contribution in [2.24, 2.45) is 5.92 Å². The SMILES string of the molecule is CCC(NC(C)c1cccc(C(F)(F)F)c1)C(C)C. The summed E-state index contributed by atoms with van der Waals surface area (Å²) >= 11 is 0. The Labute approximate surface area is 113 Å². The van der Waals surface area contributed by atoms with Crippen molar-refractivity contribution in [3.05, 3.63) is 35.4 Å². The second-order valence-electron chi connectivity index (χ2n) is 5.27. The van der Waals surface area contributed by atoms with Crippen LogP contribution >= 0.6 is 0 Å². The molecule has 0 saturated carbocycles. The van der Waals surface area contributed by atoms with Crippen LogP contribution in [0.2, 0.25) is 0 Å². The molecule has 0 fully saturated rings.